The molecule has 0 aromatic carbocycles. The van der Waals surface area contributed by atoms with E-state index in [4.69, 9.17) is 0 Å². The van der Waals surface area contributed by atoms with Crippen molar-refractivity contribution in [1.29, 1.82) is 0 Å². The first-order valence-corrected chi connectivity index (χ1v) is 19.0. The molecule has 1 aliphatic carbocycles. The van der Waals surface area contributed by atoms with Crippen molar-refractivity contribution in [1.82, 2.24) is 0 Å². The monoisotopic (exact) mass is 402 g/mol. The van der Waals surface area contributed by atoms with Gasteiger partial charge in [-0.3, -0.25) is 0 Å². The van der Waals surface area contributed by atoms with E-state index >= 15 is 0 Å². The van der Waals surface area contributed by atoms with Gasteiger partial charge in [-0.2, -0.15) is 0 Å². The van der Waals surface area contributed by atoms with Crippen molar-refractivity contribution in [3.63, 3.8) is 0 Å². The first-order chi connectivity index (χ1) is 9.35. The maximum atomic E-state index is 3.62. The van der Waals surface area contributed by atoms with Crippen LogP contribution in [0.15, 0.2) is 28.3 Å². The minimum absolute atomic E-state index is 0.189. The van der Waals surface area contributed by atoms with Crippen molar-refractivity contribution in [2.45, 2.75) is 77.8 Å². The van der Waals surface area contributed by atoms with E-state index in [1.165, 1.54) is 0 Å². The van der Waals surface area contributed by atoms with Gasteiger partial charge in [0.1, 0.15) is 0 Å². The third kappa shape index (κ3) is 3.63. The molecule has 4 heteroatoms. The van der Waals surface area contributed by atoms with Crippen LogP contribution >= 0.6 is 19.6 Å². The predicted molar refractivity (Wildman–Crippen MR) is 107 cm³/mol. The molecule has 0 bridgehead atoms. The van der Waals surface area contributed by atoms with E-state index in [2.05, 4.69) is 86.3 Å². The first kappa shape index (κ1) is 18.4. The fourth-order valence-corrected chi connectivity index (χ4v) is 83.0. The third-order valence-corrected chi connectivity index (χ3v) is 64.5. The van der Waals surface area contributed by atoms with Crippen molar-refractivity contribution in [3.05, 3.63) is 28.3 Å². The molecule has 118 valence electrons. The molecule has 0 nitrogen and oxygen atoms in total. The average molecular weight is 402 g/mol. The van der Waals surface area contributed by atoms with Gasteiger partial charge in [-0.15, -0.1) is 0 Å². The van der Waals surface area contributed by atoms with Crippen molar-refractivity contribution in [3.8, 4) is 0 Å². The Kier molecular flexibility index (Phi) is 5.16. The zero-order chi connectivity index (χ0) is 16.2. The van der Waals surface area contributed by atoms with Gasteiger partial charge < -0.3 is 0 Å². The number of hydrogen-bond donors (Lipinski definition) is 0. The molecule has 2 unspecified atom stereocenters. The van der Waals surface area contributed by atoms with Crippen LogP contribution in [0.4, 0.5) is 0 Å². The minimum atomic E-state index is -0.928. The molecule has 0 spiro atoms. The van der Waals surface area contributed by atoms with Gasteiger partial charge in [-0.25, -0.2) is 0 Å². The van der Waals surface area contributed by atoms with Gasteiger partial charge in [0, 0.05) is 0 Å². The molecule has 0 N–H and O–H groups in total. The Balaban J connectivity index is 2.49. The molecular weight excluding hydrogens is 372 g/mol. The van der Waals surface area contributed by atoms with E-state index < -0.39 is 13.7 Å². The molecule has 2 atom stereocenters. The quantitative estimate of drug-likeness (QED) is 0.244. The molecule has 0 radical (unpaired) electrons. The summed E-state index contributed by atoms with van der Waals surface area (Å²) in [5, 5.41) is 1.55. The van der Waals surface area contributed by atoms with E-state index in [-0.39, 0.29) is 19.6 Å². The summed E-state index contributed by atoms with van der Waals surface area (Å²) in [5.41, 5.74) is 3.62. The van der Waals surface area contributed by atoms with Crippen molar-refractivity contribution in [2.75, 3.05) is 0 Å². The van der Waals surface area contributed by atoms with E-state index in [0.29, 0.717) is 15.5 Å². The molecule has 0 aromatic heterocycles. The van der Waals surface area contributed by atoms with Crippen molar-refractivity contribution < 1.29 is 0 Å². The summed E-state index contributed by atoms with van der Waals surface area (Å²) in [7, 11) is 0.189. The van der Waals surface area contributed by atoms with Gasteiger partial charge in [-0.1, -0.05) is 0 Å². The molecule has 2 aliphatic rings. The molecule has 2 rings (SSSR count). The Labute approximate surface area is 139 Å². The molecule has 1 fully saturated rings. The Morgan fingerprint density at radius 2 is 1.29 bits per heavy atom. The van der Waals surface area contributed by atoms with Gasteiger partial charge in [0.2, 0.25) is 0 Å². The van der Waals surface area contributed by atoms with Crippen LogP contribution in [-0.2, 0) is 0 Å². The van der Waals surface area contributed by atoms with Gasteiger partial charge in [-0.05, 0) is 0 Å². The first-order valence-electron chi connectivity index (χ1n) is 7.69. The Hall–Kier alpha value is 1.11. The fraction of sp³-hybridized carbons (Fsp3) is 0.706. The third-order valence-electron chi connectivity index (χ3n) is 3.31. The van der Waals surface area contributed by atoms with E-state index in [0.717, 1.165) is 0 Å². The molecule has 0 amide bonds. The van der Waals surface area contributed by atoms with E-state index in [1.54, 1.807) is 4.36 Å². The normalized spacial score (nSPS) is 33.1. The van der Waals surface area contributed by atoms with Crippen LogP contribution in [0.1, 0.15) is 62.3 Å². The summed E-state index contributed by atoms with van der Waals surface area (Å²) < 4.78 is 1.66. The van der Waals surface area contributed by atoms with Crippen LogP contribution in [0, 0.1) is 0 Å². The number of allylic oxidation sites excluding steroid dienone is 3. The second kappa shape index (κ2) is 5.88. The van der Waals surface area contributed by atoms with Gasteiger partial charge in [0.05, 0.1) is 0 Å². The van der Waals surface area contributed by atoms with E-state index in [1.807, 2.05) is 0 Å². The average Bonchev–Trinajstić information content (AvgIpc) is 2.60. The molecule has 0 saturated carbocycles. The summed E-state index contributed by atoms with van der Waals surface area (Å²) in [4.78, 5) is 0. The van der Waals surface area contributed by atoms with Crippen molar-refractivity contribution >= 4 is 33.4 Å². The topological polar surface area (TPSA) is 0 Å². The summed E-state index contributed by atoms with van der Waals surface area (Å²) in [6.45, 7) is 22.6. The van der Waals surface area contributed by atoms with Crippen LogP contribution in [0.5, 0.6) is 0 Å². The maximum absolute atomic E-state index is 3.62. The number of hydrogen-bond acceptors (Lipinski definition) is 0. The molecular formula is C17H30AsP3. The summed E-state index contributed by atoms with van der Waals surface area (Å²) in [6.07, 6.45) is 7.16. The fourth-order valence-electron chi connectivity index (χ4n) is 2.64. The molecule has 21 heavy (non-hydrogen) atoms. The molecule has 0 aromatic rings. The van der Waals surface area contributed by atoms with Crippen LogP contribution in [0.25, 0.3) is 0 Å². The van der Waals surface area contributed by atoms with E-state index in [9.17, 15) is 0 Å². The van der Waals surface area contributed by atoms with Crippen LogP contribution in [0.3, 0.4) is 0 Å². The van der Waals surface area contributed by atoms with Crippen LogP contribution in [-0.4, -0.2) is 29.2 Å². The molecule has 1 aliphatic heterocycles. The number of rotatable bonds is 1. The van der Waals surface area contributed by atoms with Gasteiger partial charge >= 0.3 is 139 Å². The Bertz CT molecular complexity index is 486. The zero-order valence-electron chi connectivity index (χ0n) is 15.0. The zero-order valence-corrected chi connectivity index (χ0v) is 19.6. The Morgan fingerprint density at radius 3 is 1.57 bits per heavy atom. The van der Waals surface area contributed by atoms with Crippen molar-refractivity contribution in [2.24, 2.45) is 0 Å². The predicted octanol–water partition coefficient (Wildman–Crippen LogP) is 7.35. The summed E-state index contributed by atoms with van der Waals surface area (Å²) >= 11 is -0.928. The summed E-state index contributed by atoms with van der Waals surface area (Å²) in [6, 6.07) is 0. The second-order valence-electron chi connectivity index (χ2n) is 8.73. The van der Waals surface area contributed by atoms with Crippen LogP contribution < -0.4 is 0 Å². The second-order valence-corrected chi connectivity index (χ2v) is 37.4. The Morgan fingerprint density at radius 1 is 0.810 bits per heavy atom. The molecule has 1 heterocycles. The van der Waals surface area contributed by atoms with Crippen LogP contribution in [0.2, 0.25) is 0 Å². The molecule has 1 saturated heterocycles. The SMILES string of the molecule is CC(C)(C)P1P(C(C)(C)C)[As](C2=C=CC=C2)P1C(C)(C)C. The van der Waals surface area contributed by atoms with Gasteiger partial charge in [0.15, 0.2) is 0 Å². The standard InChI is InChI=1S/C17H30AsP3/c1-15(2,3)19-18(14-12-10-11-13-14)20(16(4,5)6)21(19)17(7,8)9/h10-12H,1-9H3. The van der Waals surface area contributed by atoms with Gasteiger partial charge in [0.25, 0.3) is 0 Å². The summed E-state index contributed by atoms with van der Waals surface area (Å²) in [5.74, 6) is 0.